The number of halogens is 1. The summed E-state index contributed by atoms with van der Waals surface area (Å²) in [6.45, 7) is 2.17. The van der Waals surface area contributed by atoms with Crippen LogP contribution in [0, 0.1) is 0 Å². The fraction of sp³-hybridized carbons (Fsp3) is 0.357. The molecule has 96 valence electrons. The Hall–Kier alpha value is -1.29. The van der Waals surface area contributed by atoms with Gasteiger partial charge in [-0.3, -0.25) is 0 Å². The summed E-state index contributed by atoms with van der Waals surface area (Å²) in [4.78, 5) is 4.68. The second kappa shape index (κ2) is 5.57. The number of aromatic nitrogens is 1. The fourth-order valence-electron chi connectivity index (χ4n) is 2.08. The van der Waals surface area contributed by atoms with Crippen molar-refractivity contribution >= 4 is 32.7 Å². The summed E-state index contributed by atoms with van der Waals surface area (Å²) in [6.07, 6.45) is 2.12. The van der Waals surface area contributed by atoms with Crippen molar-refractivity contribution < 1.29 is 4.74 Å². The average molecular weight is 309 g/mol. The Balaban J connectivity index is 2.73. The van der Waals surface area contributed by atoms with Crippen LogP contribution in [0.2, 0.25) is 0 Å². The summed E-state index contributed by atoms with van der Waals surface area (Å²) in [5.41, 5.74) is 2.12. The van der Waals surface area contributed by atoms with Crippen LogP contribution in [0.4, 0.5) is 5.82 Å². The maximum atomic E-state index is 5.37. The van der Waals surface area contributed by atoms with E-state index in [0.717, 1.165) is 39.8 Å². The number of benzene rings is 1. The molecule has 0 spiro atoms. The summed E-state index contributed by atoms with van der Waals surface area (Å²) in [6, 6.07) is 6.11. The van der Waals surface area contributed by atoms with Gasteiger partial charge in [0.25, 0.3) is 0 Å². The Kier molecular flexibility index (Phi) is 4.07. The van der Waals surface area contributed by atoms with E-state index >= 15 is 0 Å². The van der Waals surface area contributed by atoms with Crippen LogP contribution in [-0.2, 0) is 6.42 Å². The van der Waals surface area contributed by atoms with Crippen LogP contribution >= 0.6 is 15.9 Å². The molecule has 0 atom stereocenters. The minimum absolute atomic E-state index is 0.799. The molecule has 3 nitrogen and oxygen atoms in total. The summed E-state index contributed by atoms with van der Waals surface area (Å²) < 4.78 is 6.42. The van der Waals surface area contributed by atoms with Crippen LogP contribution in [0.25, 0.3) is 10.9 Å². The van der Waals surface area contributed by atoms with Crippen molar-refractivity contribution in [2.45, 2.75) is 19.8 Å². The van der Waals surface area contributed by atoms with E-state index in [1.165, 1.54) is 5.56 Å². The molecular formula is C14H17BrN2O. The molecule has 1 N–H and O–H groups in total. The third-order valence-electron chi connectivity index (χ3n) is 2.95. The van der Waals surface area contributed by atoms with Crippen LogP contribution < -0.4 is 10.1 Å². The van der Waals surface area contributed by atoms with Gasteiger partial charge in [0, 0.05) is 16.9 Å². The normalized spacial score (nSPS) is 10.7. The highest BCUT2D eigenvalue weighted by molar-refractivity contribution is 9.10. The maximum Gasteiger partial charge on any atom is 0.145 e. The first-order chi connectivity index (χ1) is 8.71. The Morgan fingerprint density at radius 3 is 2.78 bits per heavy atom. The molecule has 0 saturated heterocycles. The molecule has 1 aromatic heterocycles. The monoisotopic (exact) mass is 308 g/mol. The van der Waals surface area contributed by atoms with Crippen molar-refractivity contribution in [3.8, 4) is 5.75 Å². The van der Waals surface area contributed by atoms with E-state index in [1.807, 2.05) is 19.2 Å². The number of ether oxygens (including phenoxy) is 1. The smallest absolute Gasteiger partial charge is 0.145 e. The zero-order chi connectivity index (χ0) is 13.1. The lowest BCUT2D eigenvalue weighted by molar-refractivity contribution is 0.419. The Morgan fingerprint density at radius 1 is 1.39 bits per heavy atom. The number of nitrogens with zero attached hydrogens (tertiary/aromatic N) is 1. The number of rotatable bonds is 4. The molecule has 0 radical (unpaired) electrons. The number of anilines is 1. The van der Waals surface area contributed by atoms with Crippen molar-refractivity contribution in [2.75, 3.05) is 19.5 Å². The lowest BCUT2D eigenvalue weighted by Crippen LogP contribution is -2.00. The Labute approximate surface area is 116 Å². The molecule has 0 fully saturated rings. The van der Waals surface area contributed by atoms with Gasteiger partial charge in [0.1, 0.15) is 17.1 Å². The zero-order valence-corrected chi connectivity index (χ0v) is 12.5. The zero-order valence-electron chi connectivity index (χ0n) is 10.9. The largest absolute Gasteiger partial charge is 0.494 e. The standard InChI is InChI=1S/C14H17BrN2O/c1-4-5-9-8-10-11(15)6-7-12(18-3)13(10)17-14(9)16-2/h6-8H,4-5H2,1-3H3,(H,16,17). The van der Waals surface area contributed by atoms with Gasteiger partial charge in [0.05, 0.1) is 7.11 Å². The third-order valence-corrected chi connectivity index (χ3v) is 3.64. The summed E-state index contributed by atoms with van der Waals surface area (Å²) in [5.74, 6) is 1.73. The van der Waals surface area contributed by atoms with Gasteiger partial charge in [0.2, 0.25) is 0 Å². The van der Waals surface area contributed by atoms with E-state index in [0.29, 0.717) is 0 Å². The first-order valence-electron chi connectivity index (χ1n) is 6.05. The summed E-state index contributed by atoms with van der Waals surface area (Å²) in [5, 5.41) is 4.26. The van der Waals surface area contributed by atoms with Crippen LogP contribution in [-0.4, -0.2) is 19.1 Å². The van der Waals surface area contributed by atoms with E-state index in [2.05, 4.69) is 39.2 Å². The molecule has 2 rings (SSSR count). The van der Waals surface area contributed by atoms with Crippen LogP contribution in [0.15, 0.2) is 22.7 Å². The molecule has 0 aliphatic carbocycles. The van der Waals surface area contributed by atoms with Gasteiger partial charge in [-0.15, -0.1) is 0 Å². The quantitative estimate of drug-likeness (QED) is 0.927. The van der Waals surface area contributed by atoms with Gasteiger partial charge in [-0.05, 0) is 30.2 Å². The average Bonchev–Trinajstić information content (AvgIpc) is 2.39. The first kappa shape index (κ1) is 13.1. The maximum absolute atomic E-state index is 5.37. The number of aryl methyl sites for hydroxylation is 1. The van der Waals surface area contributed by atoms with Crippen molar-refractivity contribution in [1.29, 1.82) is 0 Å². The molecule has 0 aliphatic heterocycles. The van der Waals surface area contributed by atoms with Crippen LogP contribution in [0.5, 0.6) is 5.75 Å². The van der Waals surface area contributed by atoms with Crippen molar-refractivity contribution in [3.05, 3.63) is 28.2 Å². The lowest BCUT2D eigenvalue weighted by Gasteiger charge is -2.12. The second-order valence-corrected chi connectivity index (χ2v) is 5.00. The second-order valence-electron chi connectivity index (χ2n) is 4.14. The highest BCUT2D eigenvalue weighted by atomic mass is 79.9. The number of hydrogen-bond acceptors (Lipinski definition) is 3. The van der Waals surface area contributed by atoms with Crippen molar-refractivity contribution in [2.24, 2.45) is 0 Å². The number of pyridine rings is 1. The number of fused-ring (bicyclic) bond motifs is 1. The predicted octanol–water partition coefficient (Wildman–Crippen LogP) is 4.00. The number of methoxy groups -OCH3 is 1. The minimum Gasteiger partial charge on any atom is -0.494 e. The topological polar surface area (TPSA) is 34.1 Å². The molecule has 0 bridgehead atoms. The SMILES string of the molecule is CCCc1cc2c(Br)ccc(OC)c2nc1NC. The van der Waals surface area contributed by atoms with Gasteiger partial charge in [-0.2, -0.15) is 0 Å². The van der Waals surface area contributed by atoms with Gasteiger partial charge in [0.15, 0.2) is 0 Å². The molecule has 18 heavy (non-hydrogen) atoms. The fourth-order valence-corrected chi connectivity index (χ4v) is 2.52. The number of nitrogens with one attached hydrogen (secondary N) is 1. The molecule has 0 aliphatic rings. The Morgan fingerprint density at radius 2 is 2.17 bits per heavy atom. The highest BCUT2D eigenvalue weighted by Gasteiger charge is 2.11. The summed E-state index contributed by atoms with van der Waals surface area (Å²) in [7, 11) is 3.57. The van der Waals surface area contributed by atoms with E-state index in [9.17, 15) is 0 Å². The summed E-state index contributed by atoms with van der Waals surface area (Å²) >= 11 is 3.58. The molecule has 4 heteroatoms. The van der Waals surface area contributed by atoms with E-state index in [4.69, 9.17) is 4.74 Å². The van der Waals surface area contributed by atoms with Crippen LogP contribution in [0.3, 0.4) is 0 Å². The van der Waals surface area contributed by atoms with Crippen molar-refractivity contribution in [3.63, 3.8) is 0 Å². The minimum atomic E-state index is 0.799. The first-order valence-corrected chi connectivity index (χ1v) is 6.84. The highest BCUT2D eigenvalue weighted by Crippen LogP contribution is 2.33. The van der Waals surface area contributed by atoms with Gasteiger partial charge in [-0.1, -0.05) is 29.3 Å². The molecular weight excluding hydrogens is 292 g/mol. The van der Waals surface area contributed by atoms with Gasteiger partial charge < -0.3 is 10.1 Å². The van der Waals surface area contributed by atoms with Gasteiger partial charge >= 0.3 is 0 Å². The molecule has 1 aromatic carbocycles. The van der Waals surface area contributed by atoms with Crippen molar-refractivity contribution in [1.82, 2.24) is 4.98 Å². The Bertz CT molecular complexity index is 569. The predicted molar refractivity (Wildman–Crippen MR) is 79.5 cm³/mol. The lowest BCUT2D eigenvalue weighted by atomic mass is 10.1. The molecule has 1 heterocycles. The van der Waals surface area contributed by atoms with E-state index < -0.39 is 0 Å². The van der Waals surface area contributed by atoms with E-state index in [1.54, 1.807) is 7.11 Å². The number of hydrogen-bond donors (Lipinski definition) is 1. The molecule has 2 aromatic rings. The molecule has 0 saturated carbocycles. The van der Waals surface area contributed by atoms with E-state index in [-0.39, 0.29) is 0 Å². The molecule has 0 amide bonds. The third kappa shape index (κ3) is 2.29. The molecule has 0 unspecified atom stereocenters. The van der Waals surface area contributed by atoms with Gasteiger partial charge in [-0.25, -0.2) is 4.98 Å². The van der Waals surface area contributed by atoms with Crippen LogP contribution in [0.1, 0.15) is 18.9 Å².